The summed E-state index contributed by atoms with van der Waals surface area (Å²) in [6.45, 7) is 5.71. The zero-order chi connectivity index (χ0) is 13.3. The van der Waals surface area contributed by atoms with Crippen LogP contribution in [-0.2, 0) is 16.0 Å². The van der Waals surface area contributed by atoms with Gasteiger partial charge in [-0.3, -0.25) is 0 Å². The zero-order valence-electron chi connectivity index (χ0n) is 11.1. The van der Waals surface area contributed by atoms with Crippen LogP contribution in [0.1, 0.15) is 26.3 Å². The Morgan fingerprint density at radius 3 is 2.83 bits per heavy atom. The van der Waals surface area contributed by atoms with E-state index in [1.54, 1.807) is 13.0 Å². The van der Waals surface area contributed by atoms with Crippen molar-refractivity contribution >= 4 is 5.97 Å². The number of carbonyl (C=O) groups excluding carboxylic acids is 1. The smallest absolute Gasteiger partial charge is 0.346 e. The van der Waals surface area contributed by atoms with Crippen LogP contribution in [-0.4, -0.2) is 24.8 Å². The number of ether oxygens (including phenoxy) is 3. The summed E-state index contributed by atoms with van der Waals surface area (Å²) in [6.07, 6.45) is 0.195. The van der Waals surface area contributed by atoms with E-state index in [-0.39, 0.29) is 5.60 Å². The third-order valence-electron chi connectivity index (χ3n) is 2.89. The Morgan fingerprint density at radius 1 is 1.44 bits per heavy atom. The Hall–Kier alpha value is -1.71. The first-order valence-corrected chi connectivity index (χ1v) is 5.98. The van der Waals surface area contributed by atoms with Gasteiger partial charge in [0.1, 0.15) is 5.60 Å². The van der Waals surface area contributed by atoms with Crippen molar-refractivity contribution in [2.75, 3.05) is 7.11 Å². The molecule has 0 aliphatic carbocycles. The van der Waals surface area contributed by atoms with Gasteiger partial charge in [0.2, 0.25) is 0 Å². The Bertz CT molecular complexity index is 465. The molecule has 0 saturated heterocycles. The molecule has 1 aromatic rings. The highest BCUT2D eigenvalue weighted by molar-refractivity contribution is 5.74. The van der Waals surface area contributed by atoms with Gasteiger partial charge < -0.3 is 14.2 Å². The van der Waals surface area contributed by atoms with Crippen molar-refractivity contribution in [2.24, 2.45) is 0 Å². The summed E-state index contributed by atoms with van der Waals surface area (Å²) in [4.78, 5) is 11.4. The highest BCUT2D eigenvalue weighted by Crippen LogP contribution is 2.42. The van der Waals surface area contributed by atoms with Crippen molar-refractivity contribution in [3.63, 3.8) is 0 Å². The van der Waals surface area contributed by atoms with Crippen LogP contribution in [0.25, 0.3) is 0 Å². The third kappa shape index (κ3) is 2.42. The minimum absolute atomic E-state index is 0.226. The van der Waals surface area contributed by atoms with E-state index in [2.05, 4.69) is 4.74 Å². The van der Waals surface area contributed by atoms with Gasteiger partial charge in [-0.1, -0.05) is 12.1 Å². The molecule has 0 radical (unpaired) electrons. The van der Waals surface area contributed by atoms with Gasteiger partial charge in [-0.15, -0.1) is 0 Å². The van der Waals surface area contributed by atoms with E-state index in [0.717, 1.165) is 17.7 Å². The minimum Gasteiger partial charge on any atom is -0.483 e. The van der Waals surface area contributed by atoms with Crippen LogP contribution >= 0.6 is 0 Å². The molecule has 0 spiro atoms. The fraction of sp³-hybridized carbons (Fsp3) is 0.500. The molecule has 0 saturated carbocycles. The number of rotatable bonds is 3. The number of carbonyl (C=O) groups is 1. The Balaban J connectivity index is 2.22. The topological polar surface area (TPSA) is 44.8 Å². The second-order valence-corrected chi connectivity index (χ2v) is 5.07. The van der Waals surface area contributed by atoms with Crippen molar-refractivity contribution in [3.05, 3.63) is 23.8 Å². The predicted molar refractivity (Wildman–Crippen MR) is 67.0 cm³/mol. The van der Waals surface area contributed by atoms with E-state index in [0.29, 0.717) is 5.75 Å². The van der Waals surface area contributed by atoms with Crippen LogP contribution in [0.3, 0.4) is 0 Å². The molecular formula is C14H18O4. The molecular weight excluding hydrogens is 232 g/mol. The second kappa shape index (κ2) is 4.52. The molecule has 1 aliphatic rings. The van der Waals surface area contributed by atoms with Gasteiger partial charge in [-0.25, -0.2) is 4.79 Å². The maximum Gasteiger partial charge on any atom is 0.346 e. The number of fused-ring (bicyclic) bond motifs is 1. The molecule has 0 bridgehead atoms. The van der Waals surface area contributed by atoms with Crippen LogP contribution in [0.4, 0.5) is 0 Å². The van der Waals surface area contributed by atoms with Gasteiger partial charge in [0.25, 0.3) is 0 Å². The Morgan fingerprint density at radius 2 is 2.17 bits per heavy atom. The molecule has 4 heteroatoms. The summed E-state index contributed by atoms with van der Waals surface area (Å²) in [6, 6.07) is 5.72. The van der Waals surface area contributed by atoms with Crippen LogP contribution in [0, 0.1) is 0 Å². The highest BCUT2D eigenvalue weighted by atomic mass is 16.6. The van der Waals surface area contributed by atoms with Gasteiger partial charge >= 0.3 is 5.97 Å². The summed E-state index contributed by atoms with van der Waals surface area (Å²) < 4.78 is 16.1. The number of hydrogen-bond donors (Lipinski definition) is 0. The van der Waals surface area contributed by atoms with Gasteiger partial charge in [-0.05, 0) is 26.8 Å². The first-order valence-electron chi connectivity index (χ1n) is 5.98. The van der Waals surface area contributed by atoms with E-state index in [1.165, 1.54) is 7.11 Å². The average molecular weight is 250 g/mol. The summed E-state index contributed by atoms with van der Waals surface area (Å²) in [7, 11) is 1.34. The maximum absolute atomic E-state index is 11.4. The first-order chi connectivity index (χ1) is 8.43. The van der Waals surface area contributed by atoms with Gasteiger partial charge in [0, 0.05) is 12.0 Å². The molecule has 2 rings (SSSR count). The van der Waals surface area contributed by atoms with Crippen molar-refractivity contribution in [2.45, 2.75) is 38.9 Å². The second-order valence-electron chi connectivity index (χ2n) is 5.07. The Labute approximate surface area is 107 Å². The molecule has 1 aliphatic heterocycles. The van der Waals surface area contributed by atoms with Crippen molar-refractivity contribution in [1.82, 2.24) is 0 Å². The molecule has 98 valence electrons. The molecule has 1 aromatic carbocycles. The molecule has 1 atom stereocenters. The van der Waals surface area contributed by atoms with Crippen LogP contribution < -0.4 is 9.47 Å². The third-order valence-corrected chi connectivity index (χ3v) is 2.89. The average Bonchev–Trinajstić information content (AvgIpc) is 2.63. The molecule has 0 unspecified atom stereocenters. The summed E-state index contributed by atoms with van der Waals surface area (Å²) >= 11 is 0. The van der Waals surface area contributed by atoms with Crippen LogP contribution in [0.15, 0.2) is 18.2 Å². The molecule has 0 amide bonds. The summed E-state index contributed by atoms with van der Waals surface area (Å²) in [5, 5.41) is 0. The summed E-state index contributed by atoms with van der Waals surface area (Å²) in [5.74, 6) is 0.930. The van der Waals surface area contributed by atoms with E-state index >= 15 is 0 Å². The van der Waals surface area contributed by atoms with Gasteiger partial charge in [0.05, 0.1) is 7.11 Å². The molecule has 18 heavy (non-hydrogen) atoms. The number of methoxy groups -OCH3 is 1. The molecule has 1 heterocycles. The SMILES string of the molecule is COC(=O)[C@@H](C)Oc1cccc2c1OC(C)(C)C2. The van der Waals surface area contributed by atoms with Gasteiger partial charge in [-0.2, -0.15) is 0 Å². The van der Waals surface area contributed by atoms with Gasteiger partial charge in [0.15, 0.2) is 17.6 Å². The monoisotopic (exact) mass is 250 g/mol. The summed E-state index contributed by atoms with van der Waals surface area (Å²) in [5.41, 5.74) is 0.880. The van der Waals surface area contributed by atoms with Crippen LogP contribution in [0.5, 0.6) is 11.5 Å². The minimum atomic E-state index is -0.645. The fourth-order valence-corrected chi connectivity index (χ4v) is 2.08. The number of benzene rings is 1. The lowest BCUT2D eigenvalue weighted by molar-refractivity contribution is -0.147. The molecule has 0 fully saturated rings. The standard InChI is InChI=1S/C14H18O4/c1-9(13(15)16-4)17-11-7-5-6-10-8-14(2,3)18-12(10)11/h5-7,9H,8H2,1-4H3/t9-/m1/s1. The maximum atomic E-state index is 11.4. The van der Waals surface area contributed by atoms with E-state index in [4.69, 9.17) is 9.47 Å². The normalized spacial score (nSPS) is 17.6. The number of esters is 1. The predicted octanol–water partition coefficient (Wildman–Crippen LogP) is 2.34. The van der Waals surface area contributed by atoms with E-state index in [1.807, 2.05) is 26.0 Å². The molecule has 0 N–H and O–H groups in total. The van der Waals surface area contributed by atoms with E-state index < -0.39 is 12.1 Å². The largest absolute Gasteiger partial charge is 0.483 e. The fourth-order valence-electron chi connectivity index (χ4n) is 2.08. The Kier molecular flexibility index (Phi) is 3.20. The first kappa shape index (κ1) is 12.7. The van der Waals surface area contributed by atoms with Crippen molar-refractivity contribution in [3.8, 4) is 11.5 Å². The molecule has 0 aromatic heterocycles. The molecule has 4 nitrogen and oxygen atoms in total. The number of para-hydroxylation sites is 1. The number of hydrogen-bond acceptors (Lipinski definition) is 4. The lowest BCUT2D eigenvalue weighted by Gasteiger charge is -2.19. The van der Waals surface area contributed by atoms with Crippen molar-refractivity contribution in [1.29, 1.82) is 0 Å². The highest BCUT2D eigenvalue weighted by Gasteiger charge is 2.33. The lowest BCUT2D eigenvalue weighted by Crippen LogP contribution is -2.26. The quantitative estimate of drug-likeness (QED) is 0.772. The van der Waals surface area contributed by atoms with E-state index in [9.17, 15) is 4.79 Å². The lowest BCUT2D eigenvalue weighted by atomic mass is 10.0. The zero-order valence-corrected chi connectivity index (χ0v) is 11.1. The van der Waals surface area contributed by atoms with Crippen LogP contribution in [0.2, 0.25) is 0 Å². The van der Waals surface area contributed by atoms with Crippen molar-refractivity contribution < 1.29 is 19.0 Å².